The van der Waals surface area contributed by atoms with Crippen molar-refractivity contribution in [3.05, 3.63) is 36.5 Å². The van der Waals surface area contributed by atoms with Gasteiger partial charge in [-0.2, -0.15) is 0 Å². The molecule has 0 saturated heterocycles. The van der Waals surface area contributed by atoms with Gasteiger partial charge < -0.3 is 4.79 Å². The third-order valence-electron chi connectivity index (χ3n) is 2.00. The number of allylic oxidation sites excluding steroid dienone is 6. The van der Waals surface area contributed by atoms with Crippen molar-refractivity contribution in [1.29, 1.82) is 0 Å². The van der Waals surface area contributed by atoms with Crippen LogP contribution in [0.4, 0.5) is 0 Å². The van der Waals surface area contributed by atoms with Crippen LogP contribution in [0.15, 0.2) is 36.5 Å². The fourth-order valence-corrected chi connectivity index (χ4v) is 1.15. The van der Waals surface area contributed by atoms with E-state index in [1.54, 1.807) is 0 Å². The van der Waals surface area contributed by atoms with Crippen LogP contribution in [0.25, 0.3) is 0 Å². The predicted octanol–water partition coefficient (Wildman–Crippen LogP) is 4.21. The predicted molar refractivity (Wildman–Crippen MR) is 66.9 cm³/mol. The second-order valence-corrected chi connectivity index (χ2v) is 3.42. The standard InChI is InChI=1S/C14H22O/c1-2-3-4-5-6-7-8-9-10-11-12-13-14-15/h3-6,8-9,14H,2,7,10-13H2,1H3/b4-3+,6-5+,9-8+. The molecule has 0 aliphatic heterocycles. The first-order valence-corrected chi connectivity index (χ1v) is 5.82. The minimum atomic E-state index is 0.704. The first kappa shape index (κ1) is 13.9. The Morgan fingerprint density at radius 1 is 0.867 bits per heavy atom. The molecule has 15 heavy (non-hydrogen) atoms. The minimum Gasteiger partial charge on any atom is -0.303 e. The SMILES string of the molecule is CC/C=C/C=C/C/C=C/CCCCC=O. The van der Waals surface area contributed by atoms with Crippen molar-refractivity contribution < 1.29 is 4.79 Å². The Morgan fingerprint density at radius 2 is 1.60 bits per heavy atom. The molecule has 0 amide bonds. The molecule has 0 fully saturated rings. The van der Waals surface area contributed by atoms with E-state index in [-0.39, 0.29) is 0 Å². The molecule has 0 N–H and O–H groups in total. The quantitative estimate of drug-likeness (QED) is 0.239. The average molecular weight is 206 g/mol. The number of carbonyl (C=O) groups is 1. The summed E-state index contributed by atoms with van der Waals surface area (Å²) in [7, 11) is 0. The molecular formula is C14H22O. The van der Waals surface area contributed by atoms with Crippen molar-refractivity contribution in [2.24, 2.45) is 0 Å². The summed E-state index contributed by atoms with van der Waals surface area (Å²) in [5.41, 5.74) is 0. The maximum absolute atomic E-state index is 10.0. The van der Waals surface area contributed by atoms with Crippen LogP contribution in [0, 0.1) is 0 Å². The summed E-state index contributed by atoms with van der Waals surface area (Å²) in [5.74, 6) is 0. The molecule has 1 nitrogen and oxygen atoms in total. The van der Waals surface area contributed by atoms with Gasteiger partial charge in [-0.1, -0.05) is 43.4 Å². The van der Waals surface area contributed by atoms with E-state index in [4.69, 9.17) is 0 Å². The highest BCUT2D eigenvalue weighted by Gasteiger charge is 1.83. The molecule has 0 spiro atoms. The van der Waals surface area contributed by atoms with Crippen molar-refractivity contribution in [2.45, 2.75) is 45.4 Å². The molecule has 0 atom stereocenters. The van der Waals surface area contributed by atoms with Crippen LogP contribution in [-0.4, -0.2) is 6.29 Å². The Balaban J connectivity index is 3.27. The van der Waals surface area contributed by atoms with E-state index in [9.17, 15) is 4.79 Å². The molecule has 0 heterocycles. The summed E-state index contributed by atoms with van der Waals surface area (Å²) in [6.07, 6.45) is 19.8. The van der Waals surface area contributed by atoms with Crippen molar-refractivity contribution in [2.75, 3.05) is 0 Å². The second-order valence-electron chi connectivity index (χ2n) is 3.42. The molecule has 0 saturated carbocycles. The highest BCUT2D eigenvalue weighted by Crippen LogP contribution is 1.99. The number of aldehydes is 1. The van der Waals surface area contributed by atoms with Crippen LogP contribution >= 0.6 is 0 Å². The van der Waals surface area contributed by atoms with E-state index >= 15 is 0 Å². The minimum absolute atomic E-state index is 0.704. The Bertz CT molecular complexity index is 211. The molecule has 0 rings (SSSR count). The van der Waals surface area contributed by atoms with E-state index in [1.807, 2.05) is 0 Å². The Labute approximate surface area is 93.6 Å². The largest absolute Gasteiger partial charge is 0.303 e. The van der Waals surface area contributed by atoms with Gasteiger partial charge in [-0.15, -0.1) is 0 Å². The van der Waals surface area contributed by atoms with Crippen LogP contribution < -0.4 is 0 Å². The van der Waals surface area contributed by atoms with Gasteiger partial charge in [0.25, 0.3) is 0 Å². The number of unbranched alkanes of at least 4 members (excludes halogenated alkanes) is 3. The van der Waals surface area contributed by atoms with E-state index in [0.29, 0.717) is 6.42 Å². The first-order chi connectivity index (χ1) is 7.41. The lowest BCUT2D eigenvalue weighted by atomic mass is 10.2. The number of hydrogen-bond acceptors (Lipinski definition) is 1. The highest BCUT2D eigenvalue weighted by molar-refractivity contribution is 5.48. The van der Waals surface area contributed by atoms with Crippen LogP contribution in [-0.2, 0) is 4.79 Å². The fourth-order valence-electron chi connectivity index (χ4n) is 1.15. The summed E-state index contributed by atoms with van der Waals surface area (Å²) in [5, 5.41) is 0. The molecule has 1 heteroatoms. The normalized spacial score (nSPS) is 12.1. The molecule has 84 valence electrons. The Hall–Kier alpha value is -1.11. The Kier molecular flexibility index (Phi) is 11.9. The van der Waals surface area contributed by atoms with Gasteiger partial charge in [-0.25, -0.2) is 0 Å². The topological polar surface area (TPSA) is 17.1 Å². The van der Waals surface area contributed by atoms with Crippen LogP contribution in [0.5, 0.6) is 0 Å². The molecule has 0 radical (unpaired) electrons. The maximum Gasteiger partial charge on any atom is 0.119 e. The monoisotopic (exact) mass is 206 g/mol. The summed E-state index contributed by atoms with van der Waals surface area (Å²) in [4.78, 5) is 10.0. The zero-order valence-electron chi connectivity index (χ0n) is 9.69. The molecule has 0 aliphatic rings. The lowest BCUT2D eigenvalue weighted by Gasteiger charge is -1.90. The molecule has 0 aliphatic carbocycles. The maximum atomic E-state index is 10.0. The third-order valence-corrected chi connectivity index (χ3v) is 2.00. The second kappa shape index (κ2) is 12.9. The fraction of sp³-hybridized carbons (Fsp3) is 0.500. The number of rotatable bonds is 9. The van der Waals surface area contributed by atoms with Gasteiger partial charge in [0.15, 0.2) is 0 Å². The summed E-state index contributed by atoms with van der Waals surface area (Å²) in [6, 6.07) is 0. The molecule has 0 unspecified atom stereocenters. The molecule has 0 bridgehead atoms. The number of carbonyl (C=O) groups excluding carboxylic acids is 1. The lowest BCUT2D eigenvalue weighted by molar-refractivity contribution is -0.107. The first-order valence-electron chi connectivity index (χ1n) is 5.82. The van der Waals surface area contributed by atoms with Gasteiger partial charge in [0.2, 0.25) is 0 Å². The van der Waals surface area contributed by atoms with Crippen LogP contribution in [0.1, 0.15) is 45.4 Å². The Morgan fingerprint density at radius 3 is 2.33 bits per heavy atom. The van der Waals surface area contributed by atoms with E-state index in [0.717, 1.165) is 38.4 Å². The molecule has 0 aromatic rings. The smallest absolute Gasteiger partial charge is 0.119 e. The van der Waals surface area contributed by atoms with Crippen LogP contribution in [0.3, 0.4) is 0 Å². The van der Waals surface area contributed by atoms with Crippen molar-refractivity contribution in [3.63, 3.8) is 0 Å². The highest BCUT2D eigenvalue weighted by atomic mass is 16.1. The summed E-state index contributed by atoms with van der Waals surface area (Å²) < 4.78 is 0. The number of hydrogen-bond donors (Lipinski definition) is 0. The lowest BCUT2D eigenvalue weighted by Crippen LogP contribution is -1.75. The third kappa shape index (κ3) is 12.9. The van der Waals surface area contributed by atoms with Gasteiger partial charge in [-0.05, 0) is 32.1 Å². The van der Waals surface area contributed by atoms with Gasteiger partial charge in [0, 0.05) is 6.42 Å². The van der Waals surface area contributed by atoms with Crippen LogP contribution in [0.2, 0.25) is 0 Å². The van der Waals surface area contributed by atoms with Gasteiger partial charge in [0.05, 0.1) is 0 Å². The molecule has 0 aromatic carbocycles. The van der Waals surface area contributed by atoms with Crippen molar-refractivity contribution in [1.82, 2.24) is 0 Å². The van der Waals surface area contributed by atoms with Gasteiger partial charge >= 0.3 is 0 Å². The summed E-state index contributed by atoms with van der Waals surface area (Å²) >= 11 is 0. The molecular weight excluding hydrogens is 184 g/mol. The van der Waals surface area contributed by atoms with E-state index in [1.165, 1.54) is 0 Å². The van der Waals surface area contributed by atoms with Gasteiger partial charge in [-0.3, -0.25) is 0 Å². The van der Waals surface area contributed by atoms with E-state index < -0.39 is 0 Å². The molecule has 0 aromatic heterocycles. The average Bonchev–Trinajstić information content (AvgIpc) is 2.26. The van der Waals surface area contributed by atoms with Gasteiger partial charge in [0.1, 0.15) is 6.29 Å². The summed E-state index contributed by atoms with van der Waals surface area (Å²) in [6.45, 7) is 2.13. The zero-order valence-corrected chi connectivity index (χ0v) is 9.69. The van der Waals surface area contributed by atoms with Crippen molar-refractivity contribution >= 4 is 6.29 Å². The zero-order chi connectivity index (χ0) is 11.2. The van der Waals surface area contributed by atoms with E-state index in [2.05, 4.69) is 43.4 Å². The van der Waals surface area contributed by atoms with Crippen molar-refractivity contribution in [3.8, 4) is 0 Å².